The monoisotopic (exact) mass is 238 g/mol. The molecule has 16 heavy (non-hydrogen) atoms. The number of hydrogen-bond donors (Lipinski definition) is 2. The zero-order valence-corrected chi connectivity index (χ0v) is 10.2. The zero-order valence-electron chi connectivity index (χ0n) is 9.31. The molecule has 0 spiro atoms. The molecule has 1 aliphatic rings. The summed E-state index contributed by atoms with van der Waals surface area (Å²) in [7, 11) is -0.562. The Morgan fingerprint density at radius 1 is 1.44 bits per heavy atom. The summed E-state index contributed by atoms with van der Waals surface area (Å²) >= 11 is 0. The first-order valence-corrected chi connectivity index (χ1v) is 6.62. The molecule has 0 bridgehead atoms. The molecule has 2 rings (SSSR count). The molecule has 0 fully saturated rings. The van der Waals surface area contributed by atoms with Crippen molar-refractivity contribution in [3.8, 4) is 0 Å². The largest absolute Gasteiger partial charge is 0.324 e. The van der Waals surface area contributed by atoms with Crippen molar-refractivity contribution < 1.29 is 4.39 Å². The summed E-state index contributed by atoms with van der Waals surface area (Å²) < 4.78 is 13.7. The Labute approximate surface area is 97.4 Å². The van der Waals surface area contributed by atoms with Crippen LogP contribution in [0.4, 0.5) is 4.39 Å². The van der Waals surface area contributed by atoms with Gasteiger partial charge in [-0.15, -0.1) is 0 Å². The highest BCUT2D eigenvalue weighted by atomic mass is 32.2. The van der Waals surface area contributed by atoms with Gasteiger partial charge < -0.3 is 5.73 Å². The Morgan fingerprint density at radius 2 is 2.19 bits per heavy atom. The fraction of sp³-hybridized carbons (Fsp3) is 0.250. The van der Waals surface area contributed by atoms with Crippen molar-refractivity contribution in [1.82, 2.24) is 0 Å². The van der Waals surface area contributed by atoms with Crippen LogP contribution in [0.2, 0.25) is 0 Å². The van der Waals surface area contributed by atoms with Gasteiger partial charge in [-0.1, -0.05) is 6.07 Å². The molecule has 2 atom stereocenters. The van der Waals surface area contributed by atoms with E-state index in [1.54, 1.807) is 19.1 Å². The molecule has 0 aromatic heterocycles. The molecule has 2 N–H and O–H groups in total. The number of rotatable bonds is 2. The summed E-state index contributed by atoms with van der Waals surface area (Å²) in [5, 5.41) is 2.08. The molecule has 0 radical (unpaired) electrons. The minimum absolute atomic E-state index is 0.221. The summed E-state index contributed by atoms with van der Waals surface area (Å²) in [6.45, 7) is 3.73. The fourth-order valence-electron chi connectivity index (χ4n) is 1.61. The van der Waals surface area contributed by atoms with Gasteiger partial charge in [-0.2, -0.15) is 10.9 Å². The Bertz CT molecular complexity index is 466. The van der Waals surface area contributed by atoms with Gasteiger partial charge in [0.25, 0.3) is 0 Å². The summed E-state index contributed by atoms with van der Waals surface area (Å²) in [6.07, 6.45) is 0. The minimum Gasteiger partial charge on any atom is -0.324 e. The van der Waals surface area contributed by atoms with Crippen molar-refractivity contribution >= 4 is 16.4 Å². The number of hydrogen-bond acceptors (Lipinski definition) is 2. The van der Waals surface area contributed by atoms with Crippen LogP contribution in [0, 0.1) is 5.82 Å². The minimum atomic E-state index is -0.562. The summed E-state index contributed by atoms with van der Waals surface area (Å²) in [4.78, 5) is 5.18. The van der Waals surface area contributed by atoms with Crippen molar-refractivity contribution in [1.29, 1.82) is 0 Å². The third-order valence-corrected chi connectivity index (χ3v) is 4.37. The average Bonchev–Trinajstić information content (AvgIpc) is 2.64. The van der Waals surface area contributed by atoms with Crippen LogP contribution >= 0.6 is 10.9 Å². The molecule has 86 valence electrons. The molecule has 1 aromatic rings. The lowest BCUT2D eigenvalue weighted by atomic mass is 10.1. The zero-order chi connectivity index (χ0) is 11.7. The van der Waals surface area contributed by atoms with E-state index in [0.717, 1.165) is 10.6 Å². The van der Waals surface area contributed by atoms with Gasteiger partial charge >= 0.3 is 0 Å². The Balaban J connectivity index is 2.32. The first-order valence-electron chi connectivity index (χ1n) is 5.14. The van der Waals surface area contributed by atoms with E-state index in [9.17, 15) is 4.39 Å². The lowest BCUT2D eigenvalue weighted by molar-refractivity contribution is 0.590. The highest BCUT2D eigenvalue weighted by Crippen LogP contribution is 2.40. The molecular formula is C12H15FN2S. The van der Waals surface area contributed by atoms with E-state index in [0.29, 0.717) is 5.56 Å². The lowest BCUT2D eigenvalue weighted by Crippen LogP contribution is -2.07. The Morgan fingerprint density at radius 3 is 2.69 bits per heavy atom. The van der Waals surface area contributed by atoms with Gasteiger partial charge in [0.05, 0.1) is 0 Å². The highest BCUT2D eigenvalue weighted by molar-refractivity contribution is 8.31. The van der Waals surface area contributed by atoms with Crippen LogP contribution in [0.1, 0.15) is 25.5 Å². The van der Waals surface area contributed by atoms with Crippen LogP contribution < -0.4 is 5.73 Å². The van der Waals surface area contributed by atoms with Crippen molar-refractivity contribution in [2.45, 2.75) is 24.8 Å². The van der Waals surface area contributed by atoms with E-state index in [2.05, 4.69) is 10.4 Å². The summed E-state index contributed by atoms with van der Waals surface area (Å²) in [5.41, 5.74) is 9.13. The van der Waals surface area contributed by atoms with E-state index in [4.69, 9.17) is 5.73 Å². The lowest BCUT2D eigenvalue weighted by Gasteiger charge is -2.12. The van der Waals surface area contributed by atoms with Crippen molar-refractivity contribution in [3.05, 3.63) is 40.7 Å². The number of benzene rings is 1. The maximum atomic E-state index is 13.7. The van der Waals surface area contributed by atoms with Crippen LogP contribution in [-0.2, 0) is 0 Å². The van der Waals surface area contributed by atoms with Gasteiger partial charge in [0.2, 0.25) is 0 Å². The normalized spacial score (nSPS) is 23.2. The second kappa shape index (κ2) is 4.39. The van der Waals surface area contributed by atoms with Crippen LogP contribution in [0.25, 0.3) is 0 Å². The summed E-state index contributed by atoms with van der Waals surface area (Å²) in [5.74, 6) is -0.221. The molecule has 0 amide bonds. The molecule has 1 aliphatic heterocycles. The number of allylic oxidation sites excluding steroid dienone is 1. The molecule has 1 heterocycles. The fourth-order valence-corrected chi connectivity index (χ4v) is 3.24. The standard InChI is InChI=1S/C12H15FN2S/c1-8-6-16(7-15-8)10-3-4-11(9(2)14)12(13)5-10/h3-7,9,16H,14H2,1-2H3/t9-/m0/s1. The van der Waals surface area contributed by atoms with Gasteiger partial charge in [-0.3, -0.25) is 4.99 Å². The third-order valence-electron chi connectivity index (χ3n) is 2.48. The van der Waals surface area contributed by atoms with Crippen molar-refractivity contribution in [3.63, 3.8) is 0 Å². The molecule has 0 saturated heterocycles. The second-order valence-electron chi connectivity index (χ2n) is 3.92. The Hall–Kier alpha value is -1.13. The third kappa shape index (κ3) is 2.18. The first-order chi connectivity index (χ1) is 7.58. The van der Waals surface area contributed by atoms with Gasteiger partial charge in [0.1, 0.15) is 5.82 Å². The number of nitrogens with two attached hydrogens (primary N) is 1. The molecule has 4 heteroatoms. The number of thiol groups is 1. The van der Waals surface area contributed by atoms with Gasteiger partial charge in [-0.05, 0) is 36.3 Å². The van der Waals surface area contributed by atoms with E-state index >= 15 is 0 Å². The van der Waals surface area contributed by atoms with Gasteiger partial charge in [0.15, 0.2) is 0 Å². The topological polar surface area (TPSA) is 38.4 Å². The van der Waals surface area contributed by atoms with Crippen molar-refractivity contribution in [2.75, 3.05) is 0 Å². The quantitative estimate of drug-likeness (QED) is 0.763. The van der Waals surface area contributed by atoms with Gasteiger partial charge in [0, 0.05) is 22.8 Å². The van der Waals surface area contributed by atoms with E-state index in [1.807, 2.05) is 18.5 Å². The smallest absolute Gasteiger partial charge is 0.129 e. The van der Waals surface area contributed by atoms with Crippen LogP contribution in [0.3, 0.4) is 0 Å². The molecule has 0 saturated carbocycles. The SMILES string of the molecule is CC1=C[SH](c2ccc([C@H](C)N)c(F)c2)C=N1. The number of halogens is 1. The van der Waals surface area contributed by atoms with Gasteiger partial charge in [-0.25, -0.2) is 4.39 Å². The molecular weight excluding hydrogens is 223 g/mol. The van der Waals surface area contributed by atoms with Crippen molar-refractivity contribution in [2.24, 2.45) is 10.7 Å². The molecule has 1 aromatic carbocycles. The molecule has 1 unspecified atom stereocenters. The van der Waals surface area contributed by atoms with Crippen LogP contribution in [0.5, 0.6) is 0 Å². The molecule has 0 aliphatic carbocycles. The summed E-state index contributed by atoms with van der Waals surface area (Å²) in [6, 6.07) is 5.02. The Kier molecular flexibility index (Phi) is 3.12. The predicted octanol–water partition coefficient (Wildman–Crippen LogP) is 3.11. The van der Waals surface area contributed by atoms with Crippen LogP contribution in [0.15, 0.2) is 39.2 Å². The average molecular weight is 238 g/mol. The second-order valence-corrected chi connectivity index (χ2v) is 5.74. The predicted molar refractivity (Wildman–Crippen MR) is 68.5 cm³/mol. The molecule has 2 nitrogen and oxygen atoms in total. The number of aliphatic imine (C=N–C) groups is 1. The maximum absolute atomic E-state index is 13.7. The van der Waals surface area contributed by atoms with E-state index in [-0.39, 0.29) is 11.9 Å². The van der Waals surface area contributed by atoms with Crippen LogP contribution in [-0.4, -0.2) is 5.55 Å². The first kappa shape index (κ1) is 11.4. The number of nitrogens with zero attached hydrogens (tertiary/aromatic N) is 1. The maximum Gasteiger partial charge on any atom is 0.129 e. The van der Waals surface area contributed by atoms with E-state index < -0.39 is 10.9 Å². The highest BCUT2D eigenvalue weighted by Gasteiger charge is 2.12. The van der Waals surface area contributed by atoms with E-state index in [1.165, 1.54) is 0 Å².